The summed E-state index contributed by atoms with van der Waals surface area (Å²) in [5.74, 6) is -1.13. The molecule has 0 unspecified atom stereocenters. The van der Waals surface area contributed by atoms with Crippen LogP contribution in [0.5, 0.6) is 0 Å². The Labute approximate surface area is 137 Å². The Bertz CT molecular complexity index is 323. The first-order valence-electron chi connectivity index (χ1n) is 6.10. The number of hydrogen-bond acceptors (Lipinski definition) is 5. The zero-order chi connectivity index (χ0) is 14.5. The molecule has 0 saturated carbocycles. The first kappa shape index (κ1) is 22.0. The van der Waals surface area contributed by atoms with Crippen LogP contribution in [0.25, 0.3) is 0 Å². The summed E-state index contributed by atoms with van der Waals surface area (Å²) >= 11 is 0. The molecular formula is C13H20AgO5P. The molecule has 1 aromatic carbocycles. The monoisotopic (exact) mass is 394 g/mol. The molecule has 1 rings (SSSR count). The van der Waals surface area contributed by atoms with Crippen molar-refractivity contribution in [1.29, 1.82) is 0 Å². The maximum absolute atomic E-state index is 10.1. The Balaban J connectivity index is 0. The van der Waals surface area contributed by atoms with Gasteiger partial charge in [0.25, 0.3) is 0 Å². The molecule has 0 fully saturated rings. The van der Waals surface area contributed by atoms with Crippen molar-refractivity contribution in [3.63, 3.8) is 0 Å². The Morgan fingerprint density at radius 3 is 1.65 bits per heavy atom. The largest absolute Gasteiger partial charge is 1.00 e. The zero-order valence-corrected chi connectivity index (χ0v) is 14.2. The molecule has 0 heterocycles. The normalized spacial score (nSPS) is 9.40. The van der Waals surface area contributed by atoms with Crippen molar-refractivity contribution in [3.8, 4) is 0 Å². The topological polar surface area (TPSA) is 67.8 Å². The van der Waals surface area contributed by atoms with Crippen molar-refractivity contribution >= 4 is 14.6 Å². The Kier molecular flexibility index (Phi) is 16.7. The van der Waals surface area contributed by atoms with Crippen molar-refractivity contribution in [1.82, 2.24) is 0 Å². The van der Waals surface area contributed by atoms with Crippen LogP contribution in [-0.2, 0) is 36.0 Å². The molecule has 0 aliphatic carbocycles. The summed E-state index contributed by atoms with van der Waals surface area (Å²) in [6.07, 6.45) is 0. The van der Waals surface area contributed by atoms with Crippen LogP contribution in [0, 0.1) is 0 Å². The third-order valence-corrected chi connectivity index (χ3v) is 3.12. The number of carbonyl (C=O) groups is 1. The summed E-state index contributed by atoms with van der Waals surface area (Å²) in [6, 6.07) is 8.06. The van der Waals surface area contributed by atoms with E-state index in [0.717, 1.165) is 0 Å². The second-order valence-electron chi connectivity index (χ2n) is 3.13. The average Bonchev–Trinajstić information content (AvgIpc) is 2.41. The van der Waals surface area contributed by atoms with Gasteiger partial charge in [0, 0.05) is 0 Å². The molecule has 0 bridgehead atoms. The second kappa shape index (κ2) is 15.1. The molecule has 0 atom stereocenters. The molecule has 7 heteroatoms. The van der Waals surface area contributed by atoms with Gasteiger partial charge in [-0.25, -0.2) is 0 Å². The number of carboxylic acids is 1. The van der Waals surface area contributed by atoms with E-state index in [1.165, 1.54) is 12.1 Å². The summed E-state index contributed by atoms with van der Waals surface area (Å²) in [5.41, 5.74) is 0.220. The van der Waals surface area contributed by atoms with Gasteiger partial charge in [0.2, 0.25) is 0 Å². The minimum Gasteiger partial charge on any atom is -0.545 e. The Morgan fingerprint density at radius 2 is 1.40 bits per heavy atom. The van der Waals surface area contributed by atoms with Crippen LogP contribution in [0.15, 0.2) is 30.3 Å². The quantitative estimate of drug-likeness (QED) is 0.524. The number of benzene rings is 1. The van der Waals surface area contributed by atoms with E-state index in [1.54, 1.807) is 18.2 Å². The van der Waals surface area contributed by atoms with Crippen LogP contribution in [0.3, 0.4) is 0 Å². The molecule has 0 spiro atoms. The van der Waals surface area contributed by atoms with E-state index in [-0.39, 0.29) is 27.9 Å². The van der Waals surface area contributed by atoms with E-state index in [0.29, 0.717) is 19.8 Å². The molecule has 20 heavy (non-hydrogen) atoms. The van der Waals surface area contributed by atoms with E-state index in [1.807, 2.05) is 20.8 Å². The van der Waals surface area contributed by atoms with E-state index in [9.17, 15) is 9.90 Å². The van der Waals surface area contributed by atoms with Crippen molar-refractivity contribution in [3.05, 3.63) is 35.9 Å². The number of rotatable bonds is 7. The summed E-state index contributed by atoms with van der Waals surface area (Å²) in [5, 5.41) is 10.1. The van der Waals surface area contributed by atoms with Gasteiger partial charge in [-0.1, -0.05) is 30.3 Å². The predicted molar refractivity (Wildman–Crippen MR) is 72.6 cm³/mol. The SMILES string of the molecule is CCOP(OCC)OCC.O=C([O-])c1ccccc1.[Ag+]. The van der Waals surface area contributed by atoms with Crippen molar-refractivity contribution in [2.45, 2.75) is 20.8 Å². The first-order chi connectivity index (χ1) is 9.15. The van der Waals surface area contributed by atoms with Gasteiger partial charge in [0.15, 0.2) is 0 Å². The minimum atomic E-state index is -1.13. The standard InChI is InChI=1S/C7H6O2.C6H15O3P.Ag/c8-7(9)6-4-2-1-3-5-6;1-4-7-10(8-5-2)9-6-3;/h1-5H,(H,8,9);4-6H2,1-3H3;/q;;+1/p-1. The molecule has 118 valence electrons. The van der Waals surface area contributed by atoms with E-state index in [4.69, 9.17) is 13.6 Å². The molecule has 1 aromatic rings. The van der Waals surface area contributed by atoms with Gasteiger partial charge in [-0.3, -0.25) is 0 Å². The van der Waals surface area contributed by atoms with Crippen molar-refractivity contribution < 1.29 is 45.9 Å². The zero-order valence-electron chi connectivity index (χ0n) is 11.8. The number of carboxylic acid groups (broad SMARTS) is 1. The molecule has 0 amide bonds. The van der Waals surface area contributed by atoms with Crippen molar-refractivity contribution in [2.24, 2.45) is 0 Å². The number of hydrogen-bond donors (Lipinski definition) is 0. The fourth-order valence-corrected chi connectivity index (χ4v) is 1.86. The van der Waals surface area contributed by atoms with Crippen LogP contribution in [0.4, 0.5) is 0 Å². The summed E-state index contributed by atoms with van der Waals surface area (Å²) in [4.78, 5) is 10.1. The van der Waals surface area contributed by atoms with Crippen LogP contribution < -0.4 is 5.11 Å². The Hall–Kier alpha value is -0.260. The molecule has 0 N–H and O–H groups in total. The van der Waals surface area contributed by atoms with Gasteiger partial charge < -0.3 is 23.5 Å². The molecule has 0 aliphatic heterocycles. The van der Waals surface area contributed by atoms with Crippen LogP contribution in [-0.4, -0.2) is 25.8 Å². The van der Waals surface area contributed by atoms with Gasteiger partial charge in [0.05, 0.1) is 25.8 Å². The Morgan fingerprint density at radius 1 is 1.00 bits per heavy atom. The van der Waals surface area contributed by atoms with Gasteiger partial charge in [0.1, 0.15) is 0 Å². The molecule has 0 aromatic heterocycles. The van der Waals surface area contributed by atoms with Gasteiger partial charge in [-0.05, 0) is 26.3 Å². The van der Waals surface area contributed by atoms with Crippen LogP contribution >= 0.6 is 8.60 Å². The fourth-order valence-electron chi connectivity index (χ4n) is 1.00. The van der Waals surface area contributed by atoms with Crippen LogP contribution in [0.1, 0.15) is 31.1 Å². The average molecular weight is 395 g/mol. The predicted octanol–water partition coefficient (Wildman–Crippen LogP) is 2.37. The molecule has 0 aliphatic rings. The first-order valence-corrected chi connectivity index (χ1v) is 7.20. The third-order valence-electron chi connectivity index (χ3n) is 1.71. The summed E-state index contributed by atoms with van der Waals surface area (Å²) < 4.78 is 15.4. The maximum Gasteiger partial charge on any atom is 1.00 e. The van der Waals surface area contributed by atoms with Crippen LogP contribution in [0.2, 0.25) is 0 Å². The maximum atomic E-state index is 10.1. The minimum absolute atomic E-state index is 0. The van der Waals surface area contributed by atoms with Gasteiger partial charge >= 0.3 is 31.0 Å². The second-order valence-corrected chi connectivity index (χ2v) is 4.35. The number of aromatic carboxylic acids is 1. The van der Waals surface area contributed by atoms with E-state index in [2.05, 4.69) is 0 Å². The smallest absolute Gasteiger partial charge is 0.545 e. The fraction of sp³-hybridized carbons (Fsp3) is 0.462. The van der Waals surface area contributed by atoms with Gasteiger partial charge in [-0.2, -0.15) is 0 Å². The molecule has 0 radical (unpaired) electrons. The van der Waals surface area contributed by atoms with Crippen molar-refractivity contribution in [2.75, 3.05) is 19.8 Å². The van der Waals surface area contributed by atoms with E-state index < -0.39 is 14.6 Å². The van der Waals surface area contributed by atoms with E-state index >= 15 is 0 Å². The summed E-state index contributed by atoms with van der Waals surface area (Å²) in [7, 11) is -1.06. The third kappa shape index (κ3) is 11.6. The molecule has 5 nitrogen and oxygen atoms in total. The van der Waals surface area contributed by atoms with Gasteiger partial charge in [-0.15, -0.1) is 0 Å². The number of carbonyl (C=O) groups excluding carboxylic acids is 1. The molecular weight excluding hydrogens is 375 g/mol. The molecule has 0 saturated heterocycles. The summed E-state index contributed by atoms with van der Waals surface area (Å²) in [6.45, 7) is 7.71.